The number of rotatable bonds is 5. The smallest absolute Gasteiger partial charge is 0.250 e. The number of aliphatic hydroxyl groups is 1. The normalized spacial score (nSPS) is 13.3. The molecule has 0 bridgehead atoms. The molecule has 2 rings (SSSR count). The zero-order chi connectivity index (χ0) is 15.6. The second-order valence-electron chi connectivity index (χ2n) is 4.72. The molecule has 1 atom stereocenters. The van der Waals surface area contributed by atoms with Crippen molar-refractivity contribution in [2.75, 3.05) is 6.54 Å². The largest absolute Gasteiger partial charge is 0.387 e. The van der Waals surface area contributed by atoms with Crippen molar-refractivity contribution >= 4 is 21.4 Å². The predicted octanol–water partition coefficient (Wildman–Crippen LogP) is 2.52. The maximum atomic E-state index is 12.8. The van der Waals surface area contributed by atoms with Gasteiger partial charge in [-0.3, -0.25) is 0 Å². The van der Waals surface area contributed by atoms with Gasteiger partial charge in [0.1, 0.15) is 10.0 Å². The van der Waals surface area contributed by atoms with Crippen LogP contribution in [0.25, 0.3) is 0 Å². The third-order valence-electron chi connectivity index (χ3n) is 3.13. The standard InChI is InChI=1S/C14H16FNO3S2/c1-9-7-14(20-10(9)2)21(18,19)16-8-13(17)11-3-5-12(15)6-4-11/h3-7,13,16-17H,8H2,1-2H3. The molecule has 114 valence electrons. The first-order valence-corrected chi connectivity index (χ1v) is 8.60. The van der Waals surface area contributed by atoms with Crippen LogP contribution in [-0.4, -0.2) is 20.1 Å². The van der Waals surface area contributed by atoms with E-state index < -0.39 is 21.9 Å². The number of sulfonamides is 1. The molecule has 0 spiro atoms. The summed E-state index contributed by atoms with van der Waals surface area (Å²) in [6.45, 7) is 3.54. The molecule has 0 aliphatic heterocycles. The van der Waals surface area contributed by atoms with Gasteiger partial charge < -0.3 is 5.11 Å². The van der Waals surface area contributed by atoms with Crippen molar-refractivity contribution in [3.63, 3.8) is 0 Å². The summed E-state index contributed by atoms with van der Waals surface area (Å²) >= 11 is 1.19. The number of benzene rings is 1. The Labute approximate surface area is 127 Å². The summed E-state index contributed by atoms with van der Waals surface area (Å²) in [7, 11) is -3.64. The molecule has 1 aromatic heterocycles. The Hall–Kier alpha value is -1.28. The van der Waals surface area contributed by atoms with Crippen LogP contribution < -0.4 is 4.72 Å². The second kappa shape index (κ2) is 6.23. The molecule has 1 aromatic carbocycles. The summed E-state index contributed by atoms with van der Waals surface area (Å²) in [5.74, 6) is -0.406. The highest BCUT2D eigenvalue weighted by Crippen LogP contribution is 2.25. The van der Waals surface area contributed by atoms with Crippen LogP contribution in [-0.2, 0) is 10.0 Å². The van der Waals surface area contributed by atoms with Crippen LogP contribution in [0.1, 0.15) is 22.1 Å². The zero-order valence-corrected chi connectivity index (χ0v) is 13.3. The lowest BCUT2D eigenvalue weighted by molar-refractivity contribution is 0.182. The van der Waals surface area contributed by atoms with Crippen molar-refractivity contribution in [1.82, 2.24) is 4.72 Å². The van der Waals surface area contributed by atoms with Gasteiger partial charge in [-0.15, -0.1) is 11.3 Å². The summed E-state index contributed by atoms with van der Waals surface area (Å²) in [6, 6.07) is 6.90. The average Bonchev–Trinajstić information content (AvgIpc) is 2.78. The summed E-state index contributed by atoms with van der Waals surface area (Å²) in [4.78, 5) is 0.939. The molecular formula is C14H16FNO3S2. The van der Waals surface area contributed by atoms with Crippen molar-refractivity contribution in [3.05, 3.63) is 52.2 Å². The van der Waals surface area contributed by atoms with Crippen LogP contribution >= 0.6 is 11.3 Å². The zero-order valence-electron chi connectivity index (χ0n) is 11.6. The van der Waals surface area contributed by atoms with E-state index in [1.807, 2.05) is 13.8 Å². The molecule has 1 unspecified atom stereocenters. The monoisotopic (exact) mass is 329 g/mol. The van der Waals surface area contributed by atoms with Gasteiger partial charge in [-0.25, -0.2) is 17.5 Å². The van der Waals surface area contributed by atoms with E-state index in [1.165, 1.54) is 35.6 Å². The molecule has 0 aliphatic rings. The van der Waals surface area contributed by atoms with E-state index in [9.17, 15) is 17.9 Å². The summed E-state index contributed by atoms with van der Waals surface area (Å²) in [6.07, 6.45) is -1.03. The van der Waals surface area contributed by atoms with Crippen molar-refractivity contribution in [2.45, 2.75) is 24.2 Å². The van der Waals surface area contributed by atoms with Gasteiger partial charge in [0, 0.05) is 11.4 Å². The van der Waals surface area contributed by atoms with E-state index in [0.717, 1.165) is 10.4 Å². The van der Waals surface area contributed by atoms with Crippen LogP contribution in [0.4, 0.5) is 4.39 Å². The lowest BCUT2D eigenvalue weighted by atomic mass is 10.1. The predicted molar refractivity (Wildman–Crippen MR) is 80.3 cm³/mol. The number of hydrogen-bond donors (Lipinski definition) is 2. The first-order valence-electron chi connectivity index (χ1n) is 6.30. The second-order valence-corrected chi connectivity index (χ2v) is 7.97. The quantitative estimate of drug-likeness (QED) is 0.886. The van der Waals surface area contributed by atoms with Crippen LogP contribution in [0, 0.1) is 19.7 Å². The van der Waals surface area contributed by atoms with E-state index in [4.69, 9.17) is 0 Å². The summed E-state index contributed by atoms with van der Waals surface area (Å²) in [5.41, 5.74) is 1.37. The lowest BCUT2D eigenvalue weighted by Gasteiger charge is -2.12. The van der Waals surface area contributed by atoms with Gasteiger partial charge >= 0.3 is 0 Å². The van der Waals surface area contributed by atoms with Gasteiger partial charge in [-0.2, -0.15) is 0 Å². The molecule has 2 N–H and O–H groups in total. The molecule has 0 saturated heterocycles. The molecule has 0 aliphatic carbocycles. The first kappa shape index (κ1) is 16.1. The Morgan fingerprint density at radius 1 is 1.29 bits per heavy atom. The van der Waals surface area contributed by atoms with E-state index in [1.54, 1.807) is 6.07 Å². The van der Waals surface area contributed by atoms with Gasteiger partial charge in [0.2, 0.25) is 10.0 Å². The molecule has 7 heteroatoms. The molecular weight excluding hydrogens is 313 g/mol. The summed E-state index contributed by atoms with van der Waals surface area (Å²) < 4.78 is 39.6. The summed E-state index contributed by atoms with van der Waals surface area (Å²) in [5, 5.41) is 9.94. The van der Waals surface area contributed by atoms with Crippen molar-refractivity contribution in [2.24, 2.45) is 0 Å². The van der Waals surface area contributed by atoms with Crippen molar-refractivity contribution < 1.29 is 17.9 Å². The van der Waals surface area contributed by atoms with E-state index in [-0.39, 0.29) is 10.8 Å². The molecule has 0 amide bonds. The minimum absolute atomic E-state index is 0.163. The SMILES string of the molecule is Cc1cc(S(=O)(=O)NCC(O)c2ccc(F)cc2)sc1C. The average molecular weight is 329 g/mol. The molecule has 0 fully saturated rings. The fraction of sp³-hybridized carbons (Fsp3) is 0.286. The Morgan fingerprint density at radius 2 is 1.90 bits per heavy atom. The third-order valence-corrected chi connectivity index (χ3v) is 6.18. The molecule has 2 aromatic rings. The van der Waals surface area contributed by atoms with Crippen LogP contribution in [0.15, 0.2) is 34.5 Å². The minimum atomic E-state index is -3.64. The number of aryl methyl sites for hydroxylation is 2. The molecule has 21 heavy (non-hydrogen) atoms. The number of aliphatic hydroxyl groups excluding tert-OH is 1. The first-order chi connectivity index (χ1) is 9.79. The highest BCUT2D eigenvalue weighted by atomic mass is 32.2. The maximum Gasteiger partial charge on any atom is 0.250 e. The van der Waals surface area contributed by atoms with Gasteiger partial charge in [-0.1, -0.05) is 12.1 Å². The molecule has 4 nitrogen and oxygen atoms in total. The van der Waals surface area contributed by atoms with Gasteiger partial charge in [-0.05, 0) is 43.2 Å². The number of halogens is 1. The van der Waals surface area contributed by atoms with Gasteiger partial charge in [0.05, 0.1) is 6.10 Å². The Morgan fingerprint density at radius 3 is 2.43 bits per heavy atom. The minimum Gasteiger partial charge on any atom is -0.387 e. The van der Waals surface area contributed by atoms with Crippen molar-refractivity contribution in [1.29, 1.82) is 0 Å². The Bertz CT molecular complexity index is 704. The Balaban J connectivity index is 2.06. The number of hydrogen-bond acceptors (Lipinski definition) is 4. The van der Waals surface area contributed by atoms with E-state index in [2.05, 4.69) is 4.72 Å². The lowest BCUT2D eigenvalue weighted by Crippen LogP contribution is -2.28. The van der Waals surface area contributed by atoms with E-state index >= 15 is 0 Å². The van der Waals surface area contributed by atoms with Crippen LogP contribution in [0.2, 0.25) is 0 Å². The van der Waals surface area contributed by atoms with Crippen LogP contribution in [0.5, 0.6) is 0 Å². The maximum absolute atomic E-state index is 12.8. The Kier molecular flexibility index (Phi) is 4.77. The highest BCUT2D eigenvalue weighted by Gasteiger charge is 2.19. The molecule has 1 heterocycles. The fourth-order valence-electron chi connectivity index (χ4n) is 1.73. The van der Waals surface area contributed by atoms with Gasteiger partial charge in [0.15, 0.2) is 0 Å². The fourth-order valence-corrected chi connectivity index (χ4v) is 4.33. The molecule has 0 saturated carbocycles. The third kappa shape index (κ3) is 3.88. The number of thiophene rings is 1. The van der Waals surface area contributed by atoms with Gasteiger partial charge in [0.25, 0.3) is 0 Å². The molecule has 0 radical (unpaired) electrons. The van der Waals surface area contributed by atoms with Crippen molar-refractivity contribution in [3.8, 4) is 0 Å². The van der Waals surface area contributed by atoms with E-state index in [0.29, 0.717) is 5.56 Å². The highest BCUT2D eigenvalue weighted by molar-refractivity contribution is 7.91. The number of nitrogens with one attached hydrogen (secondary N) is 1. The topological polar surface area (TPSA) is 66.4 Å². The van der Waals surface area contributed by atoms with Crippen LogP contribution in [0.3, 0.4) is 0 Å².